The number of aliphatic hydroxyl groups excluding tert-OH is 3. The lowest BCUT2D eigenvalue weighted by Crippen LogP contribution is -2.78. The van der Waals surface area contributed by atoms with Crippen LogP contribution in [0.3, 0.4) is 0 Å². The van der Waals surface area contributed by atoms with Crippen LogP contribution in [0.25, 0.3) is 0 Å². The molecule has 2 aliphatic rings. The van der Waals surface area contributed by atoms with Crippen molar-refractivity contribution in [1.82, 2.24) is 0 Å². The largest absolute Gasteiger partial charge is 0.479 e. The molecule has 14 heteroatoms. The van der Waals surface area contributed by atoms with Gasteiger partial charge in [-0.25, -0.2) is 14.4 Å². The second-order valence-electron chi connectivity index (χ2n) is 13.0. The summed E-state index contributed by atoms with van der Waals surface area (Å²) in [6.45, 7) is 11.2. The lowest BCUT2D eigenvalue weighted by molar-refractivity contribution is -0.374. The molecule has 0 spiro atoms. The number of aliphatic hydroxyl groups is 4. The van der Waals surface area contributed by atoms with Crippen LogP contribution in [0.4, 0.5) is 0 Å². The minimum absolute atomic E-state index is 0.174. The van der Waals surface area contributed by atoms with E-state index < -0.39 is 90.1 Å². The summed E-state index contributed by atoms with van der Waals surface area (Å²) in [5.41, 5.74) is -6.39. The molecule has 2 fully saturated rings. The third-order valence-corrected chi connectivity index (χ3v) is 9.52. The number of rotatable bonds is 17. The first-order valence-corrected chi connectivity index (χ1v) is 15.6. The summed E-state index contributed by atoms with van der Waals surface area (Å²) in [6.07, 6.45) is -9.80. The van der Waals surface area contributed by atoms with Crippen molar-refractivity contribution < 1.29 is 69.1 Å². The second kappa shape index (κ2) is 14.8. The van der Waals surface area contributed by atoms with E-state index in [4.69, 9.17) is 14.2 Å². The molecule has 0 aliphatic carbocycles. The van der Waals surface area contributed by atoms with Gasteiger partial charge in [-0.2, -0.15) is 0 Å². The zero-order valence-corrected chi connectivity index (χ0v) is 26.9. The summed E-state index contributed by atoms with van der Waals surface area (Å²) in [4.78, 5) is 50.7. The Morgan fingerprint density at radius 3 is 2.15 bits per heavy atom. The Morgan fingerprint density at radius 1 is 1.00 bits per heavy atom. The number of esters is 1. The maximum Gasteiger partial charge on any atom is 0.344 e. The molecule has 7 N–H and O–H groups in total. The molecule has 47 heavy (non-hydrogen) atoms. The molecular weight excluding hydrogens is 620 g/mol. The number of fused-ring (bicyclic) bond motifs is 2. The van der Waals surface area contributed by atoms with Crippen LogP contribution in [0.2, 0.25) is 0 Å². The van der Waals surface area contributed by atoms with Crippen molar-refractivity contribution in [3.05, 3.63) is 48.0 Å². The molecule has 1 aromatic carbocycles. The zero-order chi connectivity index (χ0) is 35.5. The minimum atomic E-state index is -3.92. The number of carbonyl (C=O) groups is 4. The first kappa shape index (κ1) is 38.1. The number of benzene rings is 1. The Kier molecular flexibility index (Phi) is 12.0. The van der Waals surface area contributed by atoms with Crippen LogP contribution in [0.5, 0.6) is 0 Å². The summed E-state index contributed by atoms with van der Waals surface area (Å²) in [5.74, 6) is -11.2. The number of ether oxygens (including phenoxy) is 3. The Morgan fingerprint density at radius 2 is 1.62 bits per heavy atom. The average molecular weight is 667 g/mol. The Balaban J connectivity index is 1.95. The molecule has 3 rings (SSSR count). The maximum absolute atomic E-state index is 13.1. The number of hydrogen-bond donors (Lipinski definition) is 7. The van der Waals surface area contributed by atoms with E-state index >= 15 is 0 Å². The van der Waals surface area contributed by atoms with Gasteiger partial charge in [0.05, 0.1) is 18.6 Å². The van der Waals surface area contributed by atoms with Gasteiger partial charge < -0.3 is 50.0 Å². The molecule has 2 heterocycles. The highest BCUT2D eigenvalue weighted by molar-refractivity contribution is 5.98. The molecule has 0 unspecified atom stereocenters. The first-order valence-electron chi connectivity index (χ1n) is 15.6. The summed E-state index contributed by atoms with van der Waals surface area (Å²) in [6, 6.07) is 9.26. The van der Waals surface area contributed by atoms with Gasteiger partial charge in [0, 0.05) is 6.42 Å². The number of carbonyl (C=O) groups excluding carboxylic acids is 1. The summed E-state index contributed by atoms with van der Waals surface area (Å²) < 4.78 is 16.3. The van der Waals surface area contributed by atoms with Crippen molar-refractivity contribution in [3.8, 4) is 0 Å². The van der Waals surface area contributed by atoms with E-state index in [-0.39, 0.29) is 23.8 Å². The van der Waals surface area contributed by atoms with Crippen LogP contribution < -0.4 is 0 Å². The standard InChI is InChI=1S/C33H46O14/c1-6-17(2)14-19(4)22(34)16-23(35)45-26-25(37)31(13-12-18(3)24(36)20(5)15-21-10-8-7-9-11-21)46-27(28(38)39)32(44,29(40)41)33(26,47-31)30(42)43/h7-11,17,19-20,22,24-27,34,36-37,44H,3,6,12-16H2,1-2,4-5H3,(H,38,39)(H,40,41)(H,42,43)/t17-,19-,20-,22+,24-,25-,26-,27-,31+,32-,33+/m1/s1. The lowest BCUT2D eigenvalue weighted by Gasteiger charge is -2.48. The van der Waals surface area contributed by atoms with Crippen LogP contribution in [-0.2, 0) is 39.8 Å². The Hall–Kier alpha value is -3.40. The van der Waals surface area contributed by atoms with E-state index in [1.807, 2.05) is 44.2 Å². The number of carboxylic acids is 3. The normalized spacial score (nSPS) is 31.6. The highest BCUT2D eigenvalue weighted by Crippen LogP contribution is 2.56. The van der Waals surface area contributed by atoms with Crippen molar-refractivity contribution in [2.75, 3.05) is 0 Å². The fourth-order valence-corrected chi connectivity index (χ4v) is 6.45. The van der Waals surface area contributed by atoms with Gasteiger partial charge in [-0.3, -0.25) is 4.79 Å². The van der Waals surface area contributed by atoms with Gasteiger partial charge >= 0.3 is 23.9 Å². The fourth-order valence-electron chi connectivity index (χ4n) is 6.45. The molecule has 14 nitrogen and oxygen atoms in total. The third-order valence-electron chi connectivity index (χ3n) is 9.52. The summed E-state index contributed by atoms with van der Waals surface area (Å²) in [5, 5.41) is 74.8. The maximum atomic E-state index is 13.1. The highest BCUT2D eigenvalue weighted by atomic mass is 16.8. The quantitative estimate of drug-likeness (QED) is 0.0922. The third kappa shape index (κ3) is 7.22. The van der Waals surface area contributed by atoms with Crippen molar-refractivity contribution in [1.29, 1.82) is 0 Å². The van der Waals surface area contributed by atoms with Crippen LogP contribution >= 0.6 is 0 Å². The van der Waals surface area contributed by atoms with Crippen LogP contribution in [0, 0.1) is 17.8 Å². The van der Waals surface area contributed by atoms with E-state index in [2.05, 4.69) is 6.58 Å². The zero-order valence-electron chi connectivity index (χ0n) is 26.9. The average Bonchev–Trinajstić information content (AvgIpc) is 3.23. The van der Waals surface area contributed by atoms with E-state index in [9.17, 15) is 54.9 Å². The Labute approximate surface area is 272 Å². The minimum Gasteiger partial charge on any atom is -0.479 e. The van der Waals surface area contributed by atoms with Gasteiger partial charge in [0.1, 0.15) is 6.10 Å². The molecule has 0 amide bonds. The van der Waals surface area contributed by atoms with Gasteiger partial charge in [0.25, 0.3) is 0 Å². The number of carboxylic acid groups (broad SMARTS) is 3. The van der Waals surface area contributed by atoms with Crippen LogP contribution in [-0.4, -0.2) is 107 Å². The van der Waals surface area contributed by atoms with Crippen molar-refractivity contribution in [2.24, 2.45) is 17.8 Å². The van der Waals surface area contributed by atoms with Crippen LogP contribution in [0.15, 0.2) is 42.5 Å². The smallest absolute Gasteiger partial charge is 0.344 e. The van der Waals surface area contributed by atoms with E-state index in [1.165, 1.54) is 0 Å². The predicted octanol–water partition coefficient (Wildman–Crippen LogP) is 1.51. The molecule has 0 radical (unpaired) electrons. The molecule has 2 aliphatic heterocycles. The molecule has 1 aromatic rings. The lowest BCUT2D eigenvalue weighted by atomic mass is 9.74. The second-order valence-corrected chi connectivity index (χ2v) is 13.0. The van der Waals surface area contributed by atoms with Crippen molar-refractivity contribution >= 4 is 23.9 Å². The van der Waals surface area contributed by atoms with Gasteiger partial charge in [0.15, 0.2) is 6.10 Å². The van der Waals surface area contributed by atoms with Crippen LogP contribution in [0.1, 0.15) is 65.4 Å². The fraction of sp³-hybridized carbons (Fsp3) is 0.636. The molecule has 2 bridgehead atoms. The SMILES string of the molecule is C=C(CC[C@]12O[C@H](C(=O)O)[C@@](O)(C(=O)O)[C@](C(=O)O)(O1)[C@H](OC(=O)C[C@H](O)[C@H](C)C[C@H](C)CC)[C@H]2O)[C@@H](O)[C@H](C)Cc1ccccc1. The topological polar surface area (TPSA) is 238 Å². The molecule has 0 aromatic heterocycles. The molecular formula is C33H46O14. The van der Waals surface area contributed by atoms with Gasteiger partial charge in [-0.05, 0) is 48.2 Å². The van der Waals surface area contributed by atoms with E-state index in [1.54, 1.807) is 13.8 Å². The molecule has 0 saturated carbocycles. The Bertz CT molecular complexity index is 1320. The molecule has 2 saturated heterocycles. The van der Waals surface area contributed by atoms with Gasteiger partial charge in [0.2, 0.25) is 23.1 Å². The molecule has 11 atom stereocenters. The number of aliphatic carboxylic acids is 3. The summed E-state index contributed by atoms with van der Waals surface area (Å²) in [7, 11) is 0. The highest BCUT2D eigenvalue weighted by Gasteiger charge is 2.85. The van der Waals surface area contributed by atoms with E-state index in [0.29, 0.717) is 12.8 Å². The van der Waals surface area contributed by atoms with Crippen molar-refractivity contribution in [3.63, 3.8) is 0 Å². The summed E-state index contributed by atoms with van der Waals surface area (Å²) >= 11 is 0. The number of hydrogen-bond acceptors (Lipinski definition) is 11. The van der Waals surface area contributed by atoms with Gasteiger partial charge in [-0.15, -0.1) is 0 Å². The first-order chi connectivity index (χ1) is 21.9. The predicted molar refractivity (Wildman–Crippen MR) is 163 cm³/mol. The van der Waals surface area contributed by atoms with Gasteiger partial charge in [-0.1, -0.05) is 71.0 Å². The monoisotopic (exact) mass is 666 g/mol. The van der Waals surface area contributed by atoms with E-state index in [0.717, 1.165) is 12.0 Å². The van der Waals surface area contributed by atoms with Crippen molar-refractivity contribution in [2.45, 2.75) is 114 Å². The molecule has 262 valence electrons.